The minimum atomic E-state index is -4.13. The molecule has 228 valence electrons. The Kier molecular flexibility index (Phi) is 9.87. The highest BCUT2D eigenvalue weighted by molar-refractivity contribution is 7.92. The number of oxazole rings is 1. The van der Waals surface area contributed by atoms with Crippen LogP contribution >= 0.6 is 0 Å². The van der Waals surface area contributed by atoms with E-state index < -0.39 is 50.6 Å². The van der Waals surface area contributed by atoms with Crippen molar-refractivity contribution in [3.63, 3.8) is 0 Å². The third-order valence-corrected chi connectivity index (χ3v) is 8.67. The molecule has 0 aliphatic carbocycles. The quantitative estimate of drug-likeness (QED) is 0.216. The number of benzene rings is 3. The lowest BCUT2D eigenvalue weighted by Crippen LogP contribution is -2.51. The van der Waals surface area contributed by atoms with Crippen molar-refractivity contribution >= 4 is 32.9 Å². The van der Waals surface area contributed by atoms with Gasteiger partial charge in [0.15, 0.2) is 26.3 Å². The van der Waals surface area contributed by atoms with E-state index in [4.69, 9.17) is 9.15 Å². The van der Waals surface area contributed by atoms with Gasteiger partial charge in [-0.05, 0) is 56.9 Å². The summed E-state index contributed by atoms with van der Waals surface area (Å²) in [5.41, 5.74) is -0.147. The molecule has 11 heteroatoms. The Labute approximate surface area is 251 Å². The van der Waals surface area contributed by atoms with Crippen LogP contribution in [0.2, 0.25) is 0 Å². The van der Waals surface area contributed by atoms with Gasteiger partial charge >= 0.3 is 6.09 Å². The minimum absolute atomic E-state index is 0.000466. The molecule has 1 aromatic heterocycles. The van der Waals surface area contributed by atoms with Crippen LogP contribution in [0, 0.1) is 0 Å². The summed E-state index contributed by atoms with van der Waals surface area (Å²) in [5.74, 6) is -1.31. The molecule has 2 atom stereocenters. The van der Waals surface area contributed by atoms with Gasteiger partial charge in [-0.2, -0.15) is 0 Å². The van der Waals surface area contributed by atoms with E-state index in [9.17, 15) is 23.1 Å². The number of carbonyl (C=O) groups excluding carboxylic acids is 2. The lowest BCUT2D eigenvalue weighted by atomic mass is 9.94. The zero-order valence-corrected chi connectivity index (χ0v) is 25.3. The minimum Gasteiger partial charge on any atom is -0.444 e. The van der Waals surface area contributed by atoms with Crippen LogP contribution in [0.15, 0.2) is 89.3 Å². The van der Waals surface area contributed by atoms with Crippen LogP contribution in [0.25, 0.3) is 11.1 Å². The van der Waals surface area contributed by atoms with Gasteiger partial charge in [0.25, 0.3) is 0 Å². The summed E-state index contributed by atoms with van der Waals surface area (Å²) in [4.78, 5) is 30.4. The van der Waals surface area contributed by atoms with Gasteiger partial charge in [0.05, 0.1) is 12.3 Å². The second kappa shape index (κ2) is 13.4. The third-order valence-electron chi connectivity index (χ3n) is 6.68. The maximum absolute atomic E-state index is 13.6. The van der Waals surface area contributed by atoms with Crippen molar-refractivity contribution in [2.45, 2.75) is 55.8 Å². The fourth-order valence-electron chi connectivity index (χ4n) is 4.47. The van der Waals surface area contributed by atoms with Crippen molar-refractivity contribution in [2.75, 3.05) is 13.1 Å². The number of rotatable bonds is 12. The van der Waals surface area contributed by atoms with Crippen molar-refractivity contribution in [1.82, 2.24) is 15.6 Å². The van der Waals surface area contributed by atoms with Crippen LogP contribution in [0.4, 0.5) is 4.79 Å². The topological polar surface area (TPSA) is 148 Å². The number of hydrogen-bond acceptors (Lipinski definition) is 8. The summed E-state index contributed by atoms with van der Waals surface area (Å²) in [7, 11) is -4.13. The number of aromatic nitrogens is 1. The number of amides is 2. The van der Waals surface area contributed by atoms with Gasteiger partial charge in [0, 0.05) is 6.54 Å². The molecule has 0 aliphatic rings. The molecule has 0 saturated carbocycles. The highest BCUT2D eigenvalue weighted by atomic mass is 32.2. The Morgan fingerprint density at radius 1 is 0.907 bits per heavy atom. The standard InChI is InChI=1S/C32H37N3O7S/c1-31(2,3)42-30(37)33-20-27(43(39,40)21-24-14-8-5-9-15-24)28(36)34-22-32(38,19-18-23-12-6-4-7-13-23)29-35-25-16-10-11-17-26(25)41-29/h4-17,27,38H,18-22H2,1-3H3,(H,33,37)(H,34,36). The van der Waals surface area contributed by atoms with Gasteiger partial charge in [-0.25, -0.2) is 18.2 Å². The number of para-hydroxylation sites is 2. The van der Waals surface area contributed by atoms with Crippen molar-refractivity contribution in [3.05, 3.63) is 102 Å². The van der Waals surface area contributed by atoms with Crippen molar-refractivity contribution < 1.29 is 32.3 Å². The van der Waals surface area contributed by atoms with Crippen LogP contribution < -0.4 is 10.6 Å². The largest absolute Gasteiger partial charge is 0.444 e. The predicted octanol–water partition coefficient (Wildman–Crippen LogP) is 4.27. The van der Waals surface area contributed by atoms with E-state index in [2.05, 4.69) is 15.6 Å². The fraction of sp³-hybridized carbons (Fsp3) is 0.344. The maximum atomic E-state index is 13.6. The first-order chi connectivity index (χ1) is 20.3. The molecular formula is C32H37N3O7S. The lowest BCUT2D eigenvalue weighted by molar-refractivity contribution is -0.122. The summed E-state index contributed by atoms with van der Waals surface area (Å²) in [6.45, 7) is 4.11. The van der Waals surface area contributed by atoms with Crippen LogP contribution in [-0.4, -0.2) is 54.4 Å². The number of fused-ring (bicyclic) bond motifs is 1. The number of aryl methyl sites for hydroxylation is 1. The summed E-state index contributed by atoms with van der Waals surface area (Å²) in [5, 5.41) is 15.2. The molecule has 0 spiro atoms. The van der Waals surface area contributed by atoms with E-state index in [1.807, 2.05) is 30.3 Å². The summed E-state index contributed by atoms with van der Waals surface area (Å²) in [6, 6.07) is 25.0. The monoisotopic (exact) mass is 607 g/mol. The van der Waals surface area contributed by atoms with E-state index >= 15 is 0 Å². The molecule has 0 saturated heterocycles. The number of hydrogen-bond donors (Lipinski definition) is 3. The zero-order valence-electron chi connectivity index (χ0n) is 24.4. The third kappa shape index (κ3) is 8.89. The number of carbonyl (C=O) groups is 2. The SMILES string of the molecule is CC(C)(C)OC(=O)NCC(C(=O)NCC(O)(CCc1ccccc1)c1nc2ccccc2o1)S(=O)(=O)Cc1ccccc1. The fourth-order valence-corrected chi connectivity index (χ4v) is 6.07. The Balaban J connectivity index is 1.57. The Hall–Kier alpha value is -4.22. The molecular weight excluding hydrogens is 570 g/mol. The molecule has 2 amide bonds. The summed E-state index contributed by atoms with van der Waals surface area (Å²) in [6.07, 6.45) is -0.296. The van der Waals surface area contributed by atoms with Gasteiger partial charge in [-0.15, -0.1) is 0 Å². The van der Waals surface area contributed by atoms with E-state index in [1.165, 1.54) is 0 Å². The molecule has 1 heterocycles. The molecule has 4 rings (SSSR count). The molecule has 0 bridgehead atoms. The van der Waals surface area contributed by atoms with Crippen LogP contribution in [-0.2, 0) is 37.1 Å². The zero-order chi connectivity index (χ0) is 31.1. The summed E-state index contributed by atoms with van der Waals surface area (Å²) >= 11 is 0. The smallest absolute Gasteiger partial charge is 0.407 e. The molecule has 43 heavy (non-hydrogen) atoms. The van der Waals surface area contributed by atoms with Gasteiger partial charge in [-0.3, -0.25) is 4.79 Å². The van der Waals surface area contributed by atoms with Crippen molar-refractivity contribution in [2.24, 2.45) is 0 Å². The van der Waals surface area contributed by atoms with Gasteiger partial charge in [0.2, 0.25) is 11.8 Å². The van der Waals surface area contributed by atoms with Crippen LogP contribution in [0.5, 0.6) is 0 Å². The number of alkyl carbamates (subject to hydrolysis) is 1. The van der Waals surface area contributed by atoms with E-state index in [1.54, 1.807) is 75.4 Å². The predicted molar refractivity (Wildman–Crippen MR) is 163 cm³/mol. The van der Waals surface area contributed by atoms with Crippen molar-refractivity contribution in [3.8, 4) is 0 Å². The molecule has 0 radical (unpaired) electrons. The second-order valence-electron chi connectivity index (χ2n) is 11.4. The lowest BCUT2D eigenvalue weighted by Gasteiger charge is -2.27. The molecule has 4 aromatic rings. The maximum Gasteiger partial charge on any atom is 0.407 e. The van der Waals surface area contributed by atoms with Crippen LogP contribution in [0.3, 0.4) is 0 Å². The molecule has 3 N–H and O–H groups in total. The average molecular weight is 608 g/mol. The molecule has 0 fully saturated rings. The Morgan fingerprint density at radius 2 is 1.51 bits per heavy atom. The highest BCUT2D eigenvalue weighted by Gasteiger charge is 2.39. The normalized spacial score (nSPS) is 14.0. The van der Waals surface area contributed by atoms with Crippen molar-refractivity contribution in [1.29, 1.82) is 0 Å². The van der Waals surface area contributed by atoms with E-state index in [0.29, 0.717) is 23.1 Å². The first-order valence-corrected chi connectivity index (χ1v) is 15.7. The van der Waals surface area contributed by atoms with E-state index in [-0.39, 0.29) is 18.9 Å². The number of ether oxygens (including phenoxy) is 1. The number of nitrogens with one attached hydrogen (secondary N) is 2. The second-order valence-corrected chi connectivity index (χ2v) is 13.6. The molecule has 2 unspecified atom stereocenters. The van der Waals surface area contributed by atoms with E-state index in [0.717, 1.165) is 5.56 Å². The Bertz CT molecular complexity index is 1600. The van der Waals surface area contributed by atoms with Crippen LogP contribution in [0.1, 0.15) is 44.2 Å². The number of nitrogens with zero attached hydrogens (tertiary/aromatic N) is 1. The van der Waals surface area contributed by atoms with Gasteiger partial charge in [-0.1, -0.05) is 72.8 Å². The number of aliphatic hydroxyl groups is 1. The number of sulfone groups is 1. The van der Waals surface area contributed by atoms with Gasteiger partial charge in [0.1, 0.15) is 11.1 Å². The molecule has 10 nitrogen and oxygen atoms in total. The first-order valence-electron chi connectivity index (χ1n) is 14.0. The van der Waals surface area contributed by atoms with Gasteiger partial charge < -0.3 is 24.9 Å². The summed E-state index contributed by atoms with van der Waals surface area (Å²) < 4.78 is 38.1. The molecule has 3 aromatic carbocycles. The Morgan fingerprint density at radius 3 is 2.14 bits per heavy atom. The molecule has 0 aliphatic heterocycles. The average Bonchev–Trinajstić information content (AvgIpc) is 3.40. The first kappa shape index (κ1) is 31.7. The highest BCUT2D eigenvalue weighted by Crippen LogP contribution is 2.29.